The minimum absolute atomic E-state index is 0.156. The zero-order valence-corrected chi connectivity index (χ0v) is 16.5. The molecule has 1 atom stereocenters. The van der Waals surface area contributed by atoms with Crippen molar-refractivity contribution in [2.45, 2.75) is 33.2 Å². The number of carbonyl (C=O) groups excluding carboxylic acids is 2. The van der Waals surface area contributed by atoms with E-state index in [-0.39, 0.29) is 23.8 Å². The summed E-state index contributed by atoms with van der Waals surface area (Å²) in [5, 5.41) is 6.45. The van der Waals surface area contributed by atoms with Crippen LogP contribution in [0.1, 0.15) is 48.5 Å². The van der Waals surface area contributed by atoms with E-state index in [1.54, 1.807) is 12.1 Å². The van der Waals surface area contributed by atoms with Gasteiger partial charge in [-0.15, -0.1) is 11.3 Å². The van der Waals surface area contributed by atoms with Crippen molar-refractivity contribution in [3.05, 3.63) is 40.8 Å². The molecule has 0 radical (unpaired) electrons. The number of rotatable bonds is 5. The number of anilines is 1. The van der Waals surface area contributed by atoms with E-state index in [9.17, 15) is 9.59 Å². The second-order valence-corrected chi connectivity index (χ2v) is 7.88. The Morgan fingerprint density at radius 3 is 2.52 bits per heavy atom. The molecular formula is C20H24N2O4S. The van der Waals surface area contributed by atoms with Gasteiger partial charge in [0.05, 0.1) is 29.1 Å². The number of hydrogen-bond donors (Lipinski definition) is 2. The minimum atomic E-state index is -0.166. The zero-order valence-electron chi connectivity index (χ0n) is 15.7. The first-order valence-electron chi connectivity index (χ1n) is 9.02. The van der Waals surface area contributed by atoms with Crippen molar-refractivity contribution < 1.29 is 19.1 Å². The van der Waals surface area contributed by atoms with Gasteiger partial charge in [-0.2, -0.15) is 0 Å². The largest absolute Gasteiger partial charge is 0.490 e. The molecule has 2 aromatic rings. The third-order valence-electron chi connectivity index (χ3n) is 4.21. The highest BCUT2D eigenvalue weighted by atomic mass is 32.1. The van der Waals surface area contributed by atoms with Crippen molar-refractivity contribution in [3.8, 4) is 11.5 Å². The Bertz CT molecular complexity index is 831. The smallest absolute Gasteiger partial charge is 0.261 e. The second kappa shape index (κ2) is 8.43. The van der Waals surface area contributed by atoms with Gasteiger partial charge in [-0.05, 0) is 35.7 Å². The van der Waals surface area contributed by atoms with Gasteiger partial charge < -0.3 is 20.1 Å². The van der Waals surface area contributed by atoms with Gasteiger partial charge in [-0.1, -0.05) is 19.9 Å². The first-order chi connectivity index (χ1) is 12.9. The highest BCUT2D eigenvalue weighted by Crippen LogP contribution is 2.34. The average Bonchev–Trinajstić information content (AvgIpc) is 2.95. The number of thiophene rings is 1. The van der Waals surface area contributed by atoms with Gasteiger partial charge in [0.1, 0.15) is 0 Å². The molecule has 1 aromatic heterocycles. The number of hydrogen-bond acceptors (Lipinski definition) is 5. The quantitative estimate of drug-likeness (QED) is 0.812. The summed E-state index contributed by atoms with van der Waals surface area (Å²) in [6.45, 7) is 6.83. The Hall–Kier alpha value is -2.54. The molecule has 27 heavy (non-hydrogen) atoms. The fourth-order valence-electron chi connectivity index (χ4n) is 2.92. The molecule has 1 aliphatic heterocycles. The molecule has 0 spiro atoms. The predicted octanol–water partition coefficient (Wildman–Crippen LogP) is 3.99. The molecule has 0 fully saturated rings. The molecule has 0 unspecified atom stereocenters. The summed E-state index contributed by atoms with van der Waals surface area (Å²) in [7, 11) is 0. The molecule has 144 valence electrons. The van der Waals surface area contributed by atoms with E-state index >= 15 is 0 Å². The van der Waals surface area contributed by atoms with Gasteiger partial charge in [0, 0.05) is 13.3 Å². The number of ether oxygens (including phenoxy) is 2. The normalized spacial score (nSPS) is 14.4. The minimum Gasteiger partial charge on any atom is -0.490 e. The Balaban J connectivity index is 1.78. The topological polar surface area (TPSA) is 76.7 Å². The van der Waals surface area contributed by atoms with Gasteiger partial charge in [-0.3, -0.25) is 9.59 Å². The van der Waals surface area contributed by atoms with Gasteiger partial charge in [0.2, 0.25) is 5.91 Å². The lowest BCUT2D eigenvalue weighted by atomic mass is 9.95. The summed E-state index contributed by atoms with van der Waals surface area (Å²) in [6, 6.07) is 9.10. The molecule has 1 aliphatic rings. The first-order valence-corrected chi connectivity index (χ1v) is 9.83. The average molecular weight is 388 g/mol. The molecule has 2 N–H and O–H groups in total. The van der Waals surface area contributed by atoms with Gasteiger partial charge in [0.25, 0.3) is 5.91 Å². The summed E-state index contributed by atoms with van der Waals surface area (Å²) in [5.74, 6) is 1.32. The molecule has 7 heteroatoms. The summed E-state index contributed by atoms with van der Waals surface area (Å²) >= 11 is 1.26. The van der Waals surface area contributed by atoms with Crippen LogP contribution in [0.25, 0.3) is 0 Å². The summed E-state index contributed by atoms with van der Waals surface area (Å²) in [4.78, 5) is 24.4. The Morgan fingerprint density at radius 2 is 1.81 bits per heavy atom. The van der Waals surface area contributed by atoms with Crippen LogP contribution in [0.15, 0.2) is 30.3 Å². The molecular weight excluding hydrogens is 364 g/mol. The van der Waals surface area contributed by atoms with E-state index in [2.05, 4.69) is 24.5 Å². The lowest BCUT2D eigenvalue weighted by Crippen LogP contribution is -2.31. The number of amides is 2. The lowest BCUT2D eigenvalue weighted by molar-refractivity contribution is -0.114. The van der Waals surface area contributed by atoms with E-state index in [1.807, 2.05) is 18.2 Å². The SMILES string of the molecule is CC(=O)Nc1ccc(C(=O)N[C@H](c2ccc3c(c2)OCCCO3)C(C)C)s1. The van der Waals surface area contributed by atoms with E-state index in [1.165, 1.54) is 18.3 Å². The maximum atomic E-state index is 12.7. The van der Waals surface area contributed by atoms with Crippen LogP contribution in [0.5, 0.6) is 11.5 Å². The Morgan fingerprint density at radius 1 is 1.07 bits per heavy atom. The zero-order chi connectivity index (χ0) is 19.4. The van der Waals surface area contributed by atoms with E-state index in [0.717, 1.165) is 17.7 Å². The predicted molar refractivity (Wildman–Crippen MR) is 106 cm³/mol. The van der Waals surface area contributed by atoms with Crippen LogP contribution in [0.4, 0.5) is 5.00 Å². The standard InChI is InChI=1S/C20H24N2O4S/c1-12(2)19(14-5-6-15-16(11-14)26-10-4-9-25-15)22-20(24)17-7-8-18(27-17)21-13(3)23/h5-8,11-12,19H,4,9-10H2,1-3H3,(H,21,23)(H,22,24)/t19-/m0/s1. The number of nitrogens with one attached hydrogen (secondary N) is 2. The number of carbonyl (C=O) groups is 2. The van der Waals surface area contributed by atoms with Crippen molar-refractivity contribution >= 4 is 28.2 Å². The summed E-state index contributed by atoms with van der Waals surface area (Å²) in [6.07, 6.45) is 0.851. The Labute approximate surface area is 162 Å². The van der Waals surface area contributed by atoms with Gasteiger partial charge in [0.15, 0.2) is 11.5 Å². The fourth-order valence-corrected chi connectivity index (χ4v) is 3.78. The van der Waals surface area contributed by atoms with Crippen LogP contribution in [0, 0.1) is 5.92 Å². The highest BCUT2D eigenvalue weighted by molar-refractivity contribution is 7.18. The van der Waals surface area contributed by atoms with Crippen LogP contribution in [0.3, 0.4) is 0 Å². The summed E-state index contributed by atoms with van der Waals surface area (Å²) in [5.41, 5.74) is 0.973. The van der Waals surface area contributed by atoms with Crippen LogP contribution < -0.4 is 20.1 Å². The van der Waals surface area contributed by atoms with Crippen molar-refractivity contribution in [1.82, 2.24) is 5.32 Å². The molecule has 1 aromatic carbocycles. The monoisotopic (exact) mass is 388 g/mol. The third-order valence-corrected chi connectivity index (χ3v) is 5.21. The van der Waals surface area contributed by atoms with Gasteiger partial charge in [-0.25, -0.2) is 0 Å². The lowest BCUT2D eigenvalue weighted by Gasteiger charge is -2.23. The number of fused-ring (bicyclic) bond motifs is 1. The van der Waals surface area contributed by atoms with Crippen LogP contribution in [-0.4, -0.2) is 25.0 Å². The molecule has 2 heterocycles. The van der Waals surface area contributed by atoms with Gasteiger partial charge >= 0.3 is 0 Å². The number of benzene rings is 1. The maximum absolute atomic E-state index is 12.7. The van der Waals surface area contributed by atoms with Crippen molar-refractivity contribution in [2.24, 2.45) is 5.92 Å². The Kier molecular flexibility index (Phi) is 6.01. The van der Waals surface area contributed by atoms with E-state index in [0.29, 0.717) is 28.8 Å². The molecule has 2 amide bonds. The molecule has 0 bridgehead atoms. The summed E-state index contributed by atoms with van der Waals surface area (Å²) < 4.78 is 11.5. The van der Waals surface area contributed by atoms with Crippen LogP contribution in [0.2, 0.25) is 0 Å². The molecule has 0 saturated heterocycles. The second-order valence-electron chi connectivity index (χ2n) is 6.80. The van der Waals surface area contributed by atoms with Crippen LogP contribution in [-0.2, 0) is 4.79 Å². The van der Waals surface area contributed by atoms with E-state index in [4.69, 9.17) is 9.47 Å². The molecule has 6 nitrogen and oxygen atoms in total. The van der Waals surface area contributed by atoms with E-state index < -0.39 is 0 Å². The maximum Gasteiger partial charge on any atom is 0.261 e. The molecule has 3 rings (SSSR count). The van der Waals surface area contributed by atoms with Crippen LogP contribution >= 0.6 is 11.3 Å². The third kappa shape index (κ3) is 4.80. The van der Waals surface area contributed by atoms with Crippen molar-refractivity contribution in [1.29, 1.82) is 0 Å². The highest BCUT2D eigenvalue weighted by Gasteiger charge is 2.22. The molecule has 0 saturated carbocycles. The fraction of sp³-hybridized carbons (Fsp3) is 0.400. The van der Waals surface area contributed by atoms with Crippen molar-refractivity contribution in [2.75, 3.05) is 18.5 Å². The first kappa shape index (κ1) is 19.2. The van der Waals surface area contributed by atoms with Crippen molar-refractivity contribution in [3.63, 3.8) is 0 Å². The molecule has 0 aliphatic carbocycles.